The van der Waals surface area contributed by atoms with Crippen LogP contribution in [0.15, 0.2) is 55.0 Å². The van der Waals surface area contributed by atoms with E-state index in [0.29, 0.717) is 22.9 Å². The van der Waals surface area contributed by atoms with Crippen LogP contribution in [0.1, 0.15) is 12.8 Å². The Balaban J connectivity index is 1.17. The SMILES string of the molecule is CN1CCN(C2CCN(c3ccc(Nc4ncnc5cnn(-c6c(F)cccc6F)c45)cc3)CC2)CC1. The van der Waals surface area contributed by atoms with Gasteiger partial charge in [-0.1, -0.05) is 6.07 Å². The molecule has 0 aliphatic carbocycles. The number of likely N-dealkylation sites (N-methyl/N-ethyl adjacent to an activating group) is 1. The van der Waals surface area contributed by atoms with Crippen molar-refractivity contribution in [3.05, 3.63) is 66.6 Å². The van der Waals surface area contributed by atoms with E-state index >= 15 is 0 Å². The molecule has 2 aliphatic heterocycles. The van der Waals surface area contributed by atoms with E-state index in [1.54, 1.807) is 0 Å². The van der Waals surface area contributed by atoms with E-state index in [2.05, 4.69) is 54.3 Å². The van der Waals surface area contributed by atoms with Crippen molar-refractivity contribution in [2.75, 3.05) is 56.5 Å². The number of nitrogens with zero attached hydrogens (tertiary/aromatic N) is 7. The highest BCUT2D eigenvalue weighted by atomic mass is 19.1. The van der Waals surface area contributed by atoms with Gasteiger partial charge in [-0.25, -0.2) is 23.4 Å². The number of hydrogen-bond acceptors (Lipinski definition) is 7. The lowest BCUT2D eigenvalue weighted by atomic mass is 10.0. The molecule has 10 heteroatoms. The minimum absolute atomic E-state index is 0.259. The number of anilines is 3. The first kappa shape index (κ1) is 23.7. The Morgan fingerprint density at radius 2 is 1.57 bits per heavy atom. The minimum Gasteiger partial charge on any atom is -0.371 e. The van der Waals surface area contributed by atoms with Gasteiger partial charge in [-0.3, -0.25) is 4.90 Å². The maximum absolute atomic E-state index is 14.5. The average Bonchev–Trinajstić information content (AvgIpc) is 3.34. The molecule has 0 saturated carbocycles. The molecule has 1 N–H and O–H groups in total. The van der Waals surface area contributed by atoms with Crippen LogP contribution in [-0.2, 0) is 0 Å². The standard InChI is InChI=1S/C27H30F2N8/c1-34-13-15-36(16-14-34)21-9-11-35(12-10-21)20-7-5-19(6-8-20)33-27-26-24(30-18-31-27)17-32-37(26)25-22(28)3-2-4-23(25)29/h2-8,17-18,21H,9-16H2,1H3,(H,30,31,33). The number of nitrogens with one attached hydrogen (secondary N) is 1. The summed E-state index contributed by atoms with van der Waals surface area (Å²) in [4.78, 5) is 16.1. The van der Waals surface area contributed by atoms with Gasteiger partial charge >= 0.3 is 0 Å². The highest BCUT2D eigenvalue weighted by molar-refractivity contribution is 5.88. The molecular weight excluding hydrogens is 474 g/mol. The molecule has 0 spiro atoms. The minimum atomic E-state index is -0.708. The van der Waals surface area contributed by atoms with Gasteiger partial charge < -0.3 is 15.1 Å². The molecule has 4 aromatic rings. The summed E-state index contributed by atoms with van der Waals surface area (Å²) in [7, 11) is 2.20. The van der Waals surface area contributed by atoms with Gasteiger partial charge in [0.25, 0.3) is 0 Å². The number of benzene rings is 2. The number of piperazine rings is 1. The molecule has 37 heavy (non-hydrogen) atoms. The van der Waals surface area contributed by atoms with Crippen molar-refractivity contribution in [2.24, 2.45) is 0 Å². The first-order chi connectivity index (χ1) is 18.1. The number of fused-ring (bicyclic) bond motifs is 1. The van der Waals surface area contributed by atoms with Crippen LogP contribution in [0, 0.1) is 11.6 Å². The molecule has 2 aromatic carbocycles. The van der Waals surface area contributed by atoms with Crippen LogP contribution in [0.4, 0.5) is 26.0 Å². The van der Waals surface area contributed by atoms with Crippen molar-refractivity contribution in [2.45, 2.75) is 18.9 Å². The van der Waals surface area contributed by atoms with Crippen LogP contribution in [0.25, 0.3) is 16.7 Å². The fraction of sp³-hybridized carbons (Fsp3) is 0.370. The van der Waals surface area contributed by atoms with Gasteiger partial charge in [0.05, 0.1) is 6.20 Å². The van der Waals surface area contributed by atoms with E-state index in [9.17, 15) is 8.78 Å². The fourth-order valence-corrected chi connectivity index (χ4v) is 5.39. The Morgan fingerprint density at radius 1 is 0.865 bits per heavy atom. The van der Waals surface area contributed by atoms with Crippen LogP contribution >= 0.6 is 0 Å². The molecule has 0 unspecified atom stereocenters. The third-order valence-corrected chi connectivity index (χ3v) is 7.52. The van der Waals surface area contributed by atoms with Gasteiger partial charge in [-0.15, -0.1) is 0 Å². The number of piperidine rings is 1. The van der Waals surface area contributed by atoms with Crippen LogP contribution in [0.3, 0.4) is 0 Å². The van der Waals surface area contributed by atoms with Crippen molar-refractivity contribution in [3.63, 3.8) is 0 Å². The van der Waals surface area contributed by atoms with Crippen molar-refractivity contribution >= 4 is 28.2 Å². The van der Waals surface area contributed by atoms with E-state index in [-0.39, 0.29) is 5.69 Å². The van der Waals surface area contributed by atoms with Gasteiger partial charge in [-0.2, -0.15) is 5.10 Å². The van der Waals surface area contributed by atoms with E-state index in [1.165, 1.54) is 67.0 Å². The highest BCUT2D eigenvalue weighted by Crippen LogP contribution is 2.29. The first-order valence-corrected chi connectivity index (χ1v) is 12.7. The number of aromatic nitrogens is 4. The second-order valence-electron chi connectivity index (χ2n) is 9.81. The maximum atomic E-state index is 14.5. The first-order valence-electron chi connectivity index (χ1n) is 12.7. The summed E-state index contributed by atoms with van der Waals surface area (Å²) in [5.74, 6) is -0.994. The van der Waals surface area contributed by atoms with Crippen molar-refractivity contribution in [1.29, 1.82) is 0 Å². The zero-order chi connectivity index (χ0) is 25.4. The van der Waals surface area contributed by atoms with Crippen LogP contribution < -0.4 is 10.2 Å². The molecule has 8 nitrogen and oxygen atoms in total. The molecule has 2 aromatic heterocycles. The van der Waals surface area contributed by atoms with E-state index in [4.69, 9.17) is 0 Å². The Hall–Kier alpha value is -3.63. The highest BCUT2D eigenvalue weighted by Gasteiger charge is 2.27. The normalized spacial score (nSPS) is 18.0. The Labute approximate surface area is 214 Å². The Bertz CT molecular complexity index is 1350. The van der Waals surface area contributed by atoms with Crippen molar-refractivity contribution in [3.8, 4) is 5.69 Å². The van der Waals surface area contributed by atoms with Crippen molar-refractivity contribution in [1.82, 2.24) is 29.5 Å². The third kappa shape index (κ3) is 4.74. The number of hydrogen-bond donors (Lipinski definition) is 1. The maximum Gasteiger partial charge on any atom is 0.160 e. The second-order valence-corrected chi connectivity index (χ2v) is 9.81. The lowest BCUT2D eigenvalue weighted by Gasteiger charge is -2.42. The quantitative estimate of drug-likeness (QED) is 0.440. The molecule has 2 saturated heterocycles. The second kappa shape index (κ2) is 10.0. The van der Waals surface area contributed by atoms with E-state index in [0.717, 1.165) is 31.9 Å². The summed E-state index contributed by atoms with van der Waals surface area (Å²) >= 11 is 0. The van der Waals surface area contributed by atoms with Crippen LogP contribution in [0.5, 0.6) is 0 Å². The molecule has 0 bridgehead atoms. The van der Waals surface area contributed by atoms with Gasteiger partial charge in [0.2, 0.25) is 0 Å². The largest absolute Gasteiger partial charge is 0.371 e. The molecule has 4 heterocycles. The van der Waals surface area contributed by atoms with Crippen LogP contribution in [0.2, 0.25) is 0 Å². The molecule has 2 fully saturated rings. The predicted molar refractivity (Wildman–Crippen MR) is 141 cm³/mol. The molecular formula is C27H30F2N8. The zero-order valence-corrected chi connectivity index (χ0v) is 20.8. The third-order valence-electron chi connectivity index (χ3n) is 7.52. The Morgan fingerprint density at radius 3 is 2.27 bits per heavy atom. The molecule has 6 rings (SSSR count). The molecule has 2 aliphatic rings. The zero-order valence-electron chi connectivity index (χ0n) is 20.8. The molecule has 192 valence electrons. The smallest absolute Gasteiger partial charge is 0.160 e. The number of halogens is 2. The van der Waals surface area contributed by atoms with Gasteiger partial charge in [-0.05, 0) is 56.3 Å². The topological polar surface area (TPSA) is 65.3 Å². The molecule has 0 atom stereocenters. The summed E-state index contributed by atoms with van der Waals surface area (Å²) in [6, 6.07) is 12.6. The summed E-state index contributed by atoms with van der Waals surface area (Å²) < 4.78 is 30.2. The van der Waals surface area contributed by atoms with E-state index in [1.807, 2.05) is 12.1 Å². The fourth-order valence-electron chi connectivity index (χ4n) is 5.39. The number of rotatable bonds is 5. The predicted octanol–water partition coefficient (Wildman–Crippen LogP) is 4.05. The number of para-hydroxylation sites is 1. The summed E-state index contributed by atoms with van der Waals surface area (Å²) in [6.45, 7) is 6.74. The lowest BCUT2D eigenvalue weighted by molar-refractivity contribution is 0.0982. The summed E-state index contributed by atoms with van der Waals surface area (Å²) in [5.41, 5.74) is 2.64. The van der Waals surface area contributed by atoms with Crippen LogP contribution in [-0.4, -0.2) is 81.9 Å². The average molecular weight is 505 g/mol. The monoisotopic (exact) mass is 504 g/mol. The van der Waals surface area contributed by atoms with Crippen molar-refractivity contribution < 1.29 is 8.78 Å². The summed E-state index contributed by atoms with van der Waals surface area (Å²) in [6.07, 6.45) is 5.24. The molecule has 0 radical (unpaired) electrons. The van der Waals surface area contributed by atoms with Gasteiger partial charge in [0.15, 0.2) is 17.5 Å². The van der Waals surface area contributed by atoms with Gasteiger partial charge in [0, 0.05) is 56.7 Å². The summed E-state index contributed by atoms with van der Waals surface area (Å²) in [5, 5.41) is 7.47. The van der Waals surface area contributed by atoms with E-state index < -0.39 is 11.6 Å². The van der Waals surface area contributed by atoms with Gasteiger partial charge in [0.1, 0.15) is 23.0 Å². The lowest BCUT2D eigenvalue weighted by Crippen LogP contribution is -2.52. The molecule has 0 amide bonds. The Kier molecular flexibility index (Phi) is 6.43.